The van der Waals surface area contributed by atoms with Crippen molar-refractivity contribution in [2.75, 3.05) is 5.75 Å². The summed E-state index contributed by atoms with van der Waals surface area (Å²) < 4.78 is 26.3. The van der Waals surface area contributed by atoms with Gasteiger partial charge in [-0.05, 0) is 31.9 Å². The van der Waals surface area contributed by atoms with E-state index < -0.39 is 16.8 Å². The van der Waals surface area contributed by atoms with Gasteiger partial charge in [0, 0.05) is 39.1 Å². The molecule has 0 spiro atoms. The number of nitrogens with one attached hydrogen (secondary N) is 1. The number of hydrogen-bond donors (Lipinski definition) is 1. The van der Waals surface area contributed by atoms with Crippen LogP contribution in [0.4, 0.5) is 8.78 Å². The third-order valence-corrected chi connectivity index (χ3v) is 4.66. The van der Waals surface area contributed by atoms with E-state index in [1.165, 1.54) is 11.8 Å². The second kappa shape index (κ2) is 8.71. The molecule has 1 unspecified atom stereocenters. The van der Waals surface area contributed by atoms with Gasteiger partial charge in [0.1, 0.15) is 0 Å². The second-order valence-electron chi connectivity index (χ2n) is 5.60. The Labute approximate surface area is 158 Å². The summed E-state index contributed by atoms with van der Waals surface area (Å²) in [5.74, 6) is -0.970. The van der Waals surface area contributed by atoms with E-state index in [0.717, 1.165) is 17.0 Å². The summed E-state index contributed by atoms with van der Waals surface area (Å²) in [7, 11) is 0. The van der Waals surface area contributed by atoms with E-state index in [0.29, 0.717) is 17.3 Å². The molecule has 25 heavy (non-hydrogen) atoms. The number of carbonyl (C=O) groups is 1. The molecular weight excluding hydrogens is 412 g/mol. The molecule has 1 heterocycles. The second-order valence-corrected chi connectivity index (χ2v) is 7.59. The molecule has 1 aromatic heterocycles. The lowest BCUT2D eigenvalue weighted by Gasteiger charge is -2.20. The number of aryl methyl sites for hydroxylation is 2. The molecule has 8 heteroatoms. The SMILES string of the molecule is Cc1cc(C)nc(SCC(Cc2ccccc2)NC(=O)C(F)(F)Br)n1. The quantitative estimate of drug-likeness (QED) is 0.411. The van der Waals surface area contributed by atoms with Crippen LogP contribution in [0.1, 0.15) is 17.0 Å². The molecular formula is C17H18BrF2N3OS. The normalized spacial score (nSPS) is 12.7. The van der Waals surface area contributed by atoms with E-state index in [1.807, 2.05) is 50.2 Å². The maximum Gasteiger partial charge on any atom is 0.377 e. The standard InChI is InChI=1S/C17H18BrF2N3OS/c1-11-8-12(2)22-16(21-11)25-10-14(23-15(24)17(18,19)20)9-13-6-4-3-5-7-13/h3-8,14H,9-10H2,1-2H3,(H,23,24). The molecule has 1 N–H and O–H groups in total. The Hall–Kier alpha value is -1.54. The Morgan fingerprint density at radius 1 is 1.24 bits per heavy atom. The molecule has 4 nitrogen and oxygen atoms in total. The Bertz CT molecular complexity index is 705. The fraction of sp³-hybridized carbons (Fsp3) is 0.353. The van der Waals surface area contributed by atoms with Crippen molar-refractivity contribution in [2.45, 2.75) is 36.3 Å². The third kappa shape index (κ3) is 6.70. The number of amides is 1. The van der Waals surface area contributed by atoms with Crippen LogP contribution in [0.2, 0.25) is 0 Å². The van der Waals surface area contributed by atoms with Crippen molar-refractivity contribution in [1.29, 1.82) is 0 Å². The number of rotatable bonds is 7. The number of alkyl halides is 3. The van der Waals surface area contributed by atoms with E-state index >= 15 is 0 Å². The van der Waals surface area contributed by atoms with Gasteiger partial charge in [-0.1, -0.05) is 42.1 Å². The lowest BCUT2D eigenvalue weighted by Crippen LogP contribution is -2.44. The topological polar surface area (TPSA) is 54.9 Å². The summed E-state index contributed by atoms with van der Waals surface area (Å²) in [6, 6.07) is 10.8. The average Bonchev–Trinajstić information content (AvgIpc) is 2.51. The van der Waals surface area contributed by atoms with Gasteiger partial charge in [0.15, 0.2) is 5.16 Å². The Balaban J connectivity index is 2.08. The van der Waals surface area contributed by atoms with Gasteiger partial charge < -0.3 is 5.32 Å². The molecule has 1 aromatic carbocycles. The highest BCUT2D eigenvalue weighted by atomic mass is 79.9. The molecule has 1 amide bonds. The zero-order valence-corrected chi connectivity index (χ0v) is 16.2. The Morgan fingerprint density at radius 3 is 2.40 bits per heavy atom. The van der Waals surface area contributed by atoms with Crippen molar-refractivity contribution >= 4 is 33.6 Å². The van der Waals surface area contributed by atoms with E-state index in [1.54, 1.807) is 0 Å². The summed E-state index contributed by atoms with van der Waals surface area (Å²) in [6.07, 6.45) is 0.438. The van der Waals surface area contributed by atoms with Crippen LogP contribution < -0.4 is 5.32 Å². The summed E-state index contributed by atoms with van der Waals surface area (Å²) in [5, 5.41) is 2.96. The molecule has 0 saturated carbocycles. The van der Waals surface area contributed by atoms with Gasteiger partial charge in [-0.15, -0.1) is 0 Å². The van der Waals surface area contributed by atoms with Crippen molar-refractivity contribution in [3.05, 3.63) is 53.3 Å². The van der Waals surface area contributed by atoms with Crippen LogP contribution in [0.25, 0.3) is 0 Å². The van der Waals surface area contributed by atoms with Crippen LogP contribution in [0, 0.1) is 13.8 Å². The molecule has 0 fully saturated rings. The highest BCUT2D eigenvalue weighted by Gasteiger charge is 2.36. The van der Waals surface area contributed by atoms with Crippen molar-refractivity contribution < 1.29 is 13.6 Å². The van der Waals surface area contributed by atoms with E-state index in [2.05, 4.69) is 31.2 Å². The number of halogens is 3. The minimum absolute atomic E-state index is 0.382. The lowest BCUT2D eigenvalue weighted by atomic mass is 10.1. The van der Waals surface area contributed by atoms with E-state index in [-0.39, 0.29) is 0 Å². The minimum atomic E-state index is -3.59. The monoisotopic (exact) mass is 429 g/mol. The lowest BCUT2D eigenvalue weighted by molar-refractivity contribution is -0.134. The van der Waals surface area contributed by atoms with E-state index in [9.17, 15) is 13.6 Å². The molecule has 1 atom stereocenters. The predicted octanol–water partition coefficient (Wildman–Crippen LogP) is 3.90. The van der Waals surface area contributed by atoms with Crippen LogP contribution in [0.3, 0.4) is 0 Å². The molecule has 0 bridgehead atoms. The largest absolute Gasteiger partial charge is 0.377 e. The number of benzene rings is 1. The van der Waals surface area contributed by atoms with Gasteiger partial charge >= 0.3 is 10.7 Å². The molecule has 0 aliphatic carbocycles. The van der Waals surface area contributed by atoms with Crippen molar-refractivity contribution in [1.82, 2.24) is 15.3 Å². The highest BCUT2D eigenvalue weighted by Crippen LogP contribution is 2.23. The van der Waals surface area contributed by atoms with Gasteiger partial charge in [-0.3, -0.25) is 4.79 Å². The van der Waals surface area contributed by atoms with Crippen LogP contribution in [0.5, 0.6) is 0 Å². The van der Waals surface area contributed by atoms with Crippen molar-refractivity contribution in [3.8, 4) is 0 Å². The summed E-state index contributed by atoms with van der Waals surface area (Å²) in [5.41, 5.74) is 2.63. The van der Waals surface area contributed by atoms with Gasteiger partial charge in [-0.2, -0.15) is 8.78 Å². The first-order valence-electron chi connectivity index (χ1n) is 7.61. The predicted molar refractivity (Wildman–Crippen MR) is 98.2 cm³/mol. The van der Waals surface area contributed by atoms with Crippen molar-refractivity contribution in [2.24, 2.45) is 0 Å². The average molecular weight is 430 g/mol. The van der Waals surface area contributed by atoms with Crippen LogP contribution in [-0.2, 0) is 11.2 Å². The van der Waals surface area contributed by atoms with Crippen LogP contribution in [0.15, 0.2) is 41.6 Å². The number of aromatic nitrogens is 2. The van der Waals surface area contributed by atoms with E-state index in [4.69, 9.17) is 0 Å². The number of carbonyl (C=O) groups excluding carboxylic acids is 1. The molecule has 0 aliphatic rings. The summed E-state index contributed by atoms with van der Waals surface area (Å²) >= 11 is 3.43. The van der Waals surface area contributed by atoms with Crippen molar-refractivity contribution in [3.63, 3.8) is 0 Å². The maximum absolute atomic E-state index is 13.2. The summed E-state index contributed by atoms with van der Waals surface area (Å²) in [4.78, 5) is 16.7. The first kappa shape index (κ1) is 19.8. The fourth-order valence-electron chi connectivity index (χ4n) is 2.25. The zero-order valence-electron chi connectivity index (χ0n) is 13.8. The van der Waals surface area contributed by atoms with Gasteiger partial charge in [0.05, 0.1) is 0 Å². The molecule has 2 aromatic rings. The smallest absolute Gasteiger partial charge is 0.346 e. The molecule has 0 radical (unpaired) electrons. The highest BCUT2D eigenvalue weighted by molar-refractivity contribution is 9.10. The molecule has 2 rings (SSSR count). The minimum Gasteiger partial charge on any atom is -0.346 e. The summed E-state index contributed by atoms with van der Waals surface area (Å²) in [6.45, 7) is 3.74. The third-order valence-electron chi connectivity index (χ3n) is 3.29. The van der Waals surface area contributed by atoms with Crippen LogP contribution in [-0.4, -0.2) is 32.5 Å². The molecule has 0 aliphatic heterocycles. The Kier molecular flexibility index (Phi) is 6.89. The Morgan fingerprint density at radius 2 is 1.84 bits per heavy atom. The molecule has 0 saturated heterocycles. The first-order valence-corrected chi connectivity index (χ1v) is 9.38. The molecule has 134 valence electrons. The maximum atomic E-state index is 13.2. The van der Waals surface area contributed by atoms with Gasteiger partial charge in [-0.25, -0.2) is 9.97 Å². The first-order chi connectivity index (χ1) is 11.7. The fourth-order valence-corrected chi connectivity index (χ4v) is 3.33. The van der Waals surface area contributed by atoms with Gasteiger partial charge in [0.25, 0.3) is 0 Å². The number of nitrogens with zero attached hydrogens (tertiary/aromatic N) is 2. The van der Waals surface area contributed by atoms with Crippen LogP contribution >= 0.6 is 27.7 Å². The number of hydrogen-bond acceptors (Lipinski definition) is 4. The van der Waals surface area contributed by atoms with Gasteiger partial charge in [0.2, 0.25) is 0 Å². The zero-order chi connectivity index (χ0) is 18.4. The number of thioether (sulfide) groups is 1.